The topological polar surface area (TPSA) is 84.6 Å². The fraction of sp³-hybridized carbons (Fsp3) is 0.188. The van der Waals surface area contributed by atoms with Crippen LogP contribution in [0, 0.1) is 12.7 Å². The van der Waals surface area contributed by atoms with Crippen molar-refractivity contribution in [2.75, 3.05) is 7.11 Å². The van der Waals surface area contributed by atoms with Crippen molar-refractivity contribution in [2.24, 2.45) is 0 Å². The van der Waals surface area contributed by atoms with E-state index in [2.05, 4.69) is 10.3 Å². The van der Waals surface area contributed by atoms with E-state index in [0.717, 1.165) is 39.6 Å². The predicted molar refractivity (Wildman–Crippen MR) is 147 cm³/mol. The number of amides is 1. The number of aryl methyl sites for hydroxylation is 1. The molecule has 0 radical (unpaired) electrons. The number of pyridine rings is 1. The second-order valence-corrected chi connectivity index (χ2v) is 9.52. The minimum atomic E-state index is -1.01. The number of aliphatic hydroxyl groups is 1. The molecule has 0 spiro atoms. The number of benzene rings is 3. The SMILES string of the molecule is COc1ccc(C(NC(=O)Cc2ccc3oc(C(O)Cc4ccncc4F)cc3c2)c2ccccc2)c(C)c1. The number of aromatic nitrogens is 1. The first-order valence-corrected chi connectivity index (χ1v) is 12.7. The summed E-state index contributed by atoms with van der Waals surface area (Å²) in [6.07, 6.45) is 1.82. The number of ether oxygens (including phenoxy) is 1. The predicted octanol–water partition coefficient (Wildman–Crippen LogP) is 6.01. The van der Waals surface area contributed by atoms with Gasteiger partial charge in [0.05, 0.1) is 25.8 Å². The molecular weight excluding hydrogens is 495 g/mol. The van der Waals surface area contributed by atoms with E-state index in [0.29, 0.717) is 16.9 Å². The average Bonchev–Trinajstić information content (AvgIpc) is 3.37. The summed E-state index contributed by atoms with van der Waals surface area (Å²) in [6.45, 7) is 2.00. The first-order valence-electron chi connectivity index (χ1n) is 12.7. The van der Waals surface area contributed by atoms with E-state index in [4.69, 9.17) is 9.15 Å². The van der Waals surface area contributed by atoms with Gasteiger partial charge in [-0.05, 0) is 71.1 Å². The molecule has 198 valence electrons. The van der Waals surface area contributed by atoms with Gasteiger partial charge in [0.25, 0.3) is 0 Å². The number of carbonyl (C=O) groups is 1. The fourth-order valence-electron chi connectivity index (χ4n) is 4.75. The second-order valence-electron chi connectivity index (χ2n) is 9.52. The van der Waals surface area contributed by atoms with Crippen molar-refractivity contribution in [1.29, 1.82) is 0 Å². The number of fused-ring (bicyclic) bond motifs is 1. The molecule has 2 aromatic heterocycles. The molecule has 2 N–H and O–H groups in total. The summed E-state index contributed by atoms with van der Waals surface area (Å²) < 4.78 is 25.1. The van der Waals surface area contributed by atoms with E-state index in [1.165, 1.54) is 12.3 Å². The van der Waals surface area contributed by atoms with Gasteiger partial charge >= 0.3 is 0 Å². The summed E-state index contributed by atoms with van der Waals surface area (Å²) in [5.74, 6) is 0.495. The lowest BCUT2D eigenvalue weighted by Crippen LogP contribution is -2.31. The van der Waals surface area contributed by atoms with Gasteiger partial charge in [0.2, 0.25) is 5.91 Å². The zero-order chi connectivity index (χ0) is 27.4. The van der Waals surface area contributed by atoms with Crippen LogP contribution >= 0.6 is 0 Å². The van der Waals surface area contributed by atoms with Gasteiger partial charge in [-0.15, -0.1) is 0 Å². The van der Waals surface area contributed by atoms with Gasteiger partial charge < -0.3 is 19.6 Å². The Bertz CT molecular complexity index is 1600. The maximum absolute atomic E-state index is 14.0. The minimum Gasteiger partial charge on any atom is -0.497 e. The van der Waals surface area contributed by atoms with Crippen molar-refractivity contribution >= 4 is 16.9 Å². The Kier molecular flexibility index (Phi) is 7.70. The van der Waals surface area contributed by atoms with E-state index < -0.39 is 11.9 Å². The average molecular weight is 525 g/mol. The second kappa shape index (κ2) is 11.5. The number of nitrogens with one attached hydrogen (secondary N) is 1. The van der Waals surface area contributed by atoms with Crippen LogP contribution in [0.3, 0.4) is 0 Å². The summed E-state index contributed by atoms with van der Waals surface area (Å²) in [5, 5.41) is 14.6. The number of hydrogen-bond acceptors (Lipinski definition) is 5. The van der Waals surface area contributed by atoms with Gasteiger partial charge in [-0.2, -0.15) is 0 Å². The molecule has 5 rings (SSSR count). The van der Waals surface area contributed by atoms with Crippen molar-refractivity contribution in [3.8, 4) is 5.75 Å². The molecule has 1 amide bonds. The summed E-state index contributed by atoms with van der Waals surface area (Å²) >= 11 is 0. The monoisotopic (exact) mass is 524 g/mol. The molecule has 7 heteroatoms. The Morgan fingerprint density at radius 2 is 1.90 bits per heavy atom. The Labute approximate surface area is 226 Å². The van der Waals surface area contributed by atoms with Gasteiger partial charge in [0, 0.05) is 18.0 Å². The highest BCUT2D eigenvalue weighted by Gasteiger charge is 2.20. The minimum absolute atomic E-state index is 0.0646. The summed E-state index contributed by atoms with van der Waals surface area (Å²) in [4.78, 5) is 17.0. The van der Waals surface area contributed by atoms with Crippen LogP contribution in [0.5, 0.6) is 5.75 Å². The third-order valence-corrected chi connectivity index (χ3v) is 6.79. The van der Waals surface area contributed by atoms with Gasteiger partial charge in [-0.1, -0.05) is 42.5 Å². The Balaban J connectivity index is 1.33. The molecule has 0 saturated carbocycles. The van der Waals surface area contributed by atoms with Gasteiger partial charge in [0.1, 0.15) is 29.0 Å². The quantitative estimate of drug-likeness (QED) is 0.247. The number of rotatable bonds is 9. The number of aliphatic hydroxyl groups excluding tert-OH is 1. The van der Waals surface area contributed by atoms with Crippen LogP contribution in [-0.2, 0) is 17.6 Å². The van der Waals surface area contributed by atoms with Crippen LogP contribution in [0.4, 0.5) is 4.39 Å². The van der Waals surface area contributed by atoms with Crippen LogP contribution in [0.25, 0.3) is 11.0 Å². The van der Waals surface area contributed by atoms with Gasteiger partial charge in [-0.3, -0.25) is 9.78 Å². The number of halogens is 1. The van der Waals surface area contributed by atoms with Crippen LogP contribution in [0.15, 0.2) is 95.7 Å². The van der Waals surface area contributed by atoms with E-state index in [1.807, 2.05) is 67.6 Å². The zero-order valence-corrected chi connectivity index (χ0v) is 21.7. The molecule has 0 fully saturated rings. The molecule has 0 aliphatic carbocycles. The summed E-state index contributed by atoms with van der Waals surface area (Å²) in [7, 11) is 1.63. The molecule has 0 bridgehead atoms. The molecule has 3 aromatic carbocycles. The molecule has 2 unspecified atom stereocenters. The lowest BCUT2D eigenvalue weighted by molar-refractivity contribution is -0.120. The van der Waals surface area contributed by atoms with E-state index in [1.54, 1.807) is 19.2 Å². The Morgan fingerprint density at radius 3 is 2.64 bits per heavy atom. The third kappa shape index (κ3) is 5.99. The summed E-state index contributed by atoms with van der Waals surface area (Å²) in [6, 6.07) is 24.1. The standard InChI is InChI=1S/C32H29FN2O4/c1-20-14-25(38-2)9-10-26(20)32(22-6-4-3-5-7-22)35-31(37)16-21-8-11-29-24(15-21)18-30(39-29)28(36)17-23-12-13-34-19-27(23)33/h3-15,18-19,28,32,36H,16-17H2,1-2H3,(H,35,37). The normalized spacial score (nSPS) is 12.7. The van der Waals surface area contributed by atoms with Crippen LogP contribution in [0.2, 0.25) is 0 Å². The van der Waals surface area contributed by atoms with E-state index in [9.17, 15) is 14.3 Å². The van der Waals surface area contributed by atoms with Gasteiger partial charge in [-0.25, -0.2) is 4.39 Å². The molecular formula is C32H29FN2O4. The Morgan fingerprint density at radius 1 is 1.08 bits per heavy atom. The smallest absolute Gasteiger partial charge is 0.225 e. The number of nitrogens with zero attached hydrogens (tertiary/aromatic N) is 1. The largest absolute Gasteiger partial charge is 0.497 e. The van der Waals surface area contributed by atoms with Crippen molar-refractivity contribution in [3.05, 3.63) is 131 Å². The third-order valence-electron chi connectivity index (χ3n) is 6.79. The molecule has 0 aliphatic heterocycles. The first kappa shape index (κ1) is 26.1. The maximum Gasteiger partial charge on any atom is 0.225 e. The van der Waals surface area contributed by atoms with Gasteiger partial charge in [0.15, 0.2) is 0 Å². The van der Waals surface area contributed by atoms with Crippen LogP contribution in [0.1, 0.15) is 45.7 Å². The fourth-order valence-corrected chi connectivity index (χ4v) is 4.75. The molecule has 39 heavy (non-hydrogen) atoms. The molecule has 2 heterocycles. The summed E-state index contributed by atoms with van der Waals surface area (Å²) in [5.41, 5.74) is 4.73. The number of carbonyl (C=O) groups excluding carboxylic acids is 1. The van der Waals surface area contributed by atoms with Crippen molar-refractivity contribution in [3.63, 3.8) is 0 Å². The number of furan rings is 1. The maximum atomic E-state index is 14.0. The van der Waals surface area contributed by atoms with Crippen molar-refractivity contribution in [2.45, 2.75) is 31.9 Å². The zero-order valence-electron chi connectivity index (χ0n) is 21.7. The number of methoxy groups -OCH3 is 1. The van der Waals surface area contributed by atoms with Crippen LogP contribution < -0.4 is 10.1 Å². The lowest BCUT2D eigenvalue weighted by atomic mass is 9.94. The van der Waals surface area contributed by atoms with Crippen molar-refractivity contribution < 1.29 is 23.4 Å². The Hall–Kier alpha value is -4.49. The highest BCUT2D eigenvalue weighted by Crippen LogP contribution is 2.29. The first-order chi connectivity index (χ1) is 18.9. The molecule has 2 atom stereocenters. The number of hydrogen-bond donors (Lipinski definition) is 2. The van der Waals surface area contributed by atoms with Crippen LogP contribution in [-0.4, -0.2) is 23.1 Å². The molecule has 0 saturated heterocycles. The van der Waals surface area contributed by atoms with E-state index in [-0.39, 0.29) is 24.8 Å². The highest BCUT2D eigenvalue weighted by atomic mass is 19.1. The van der Waals surface area contributed by atoms with E-state index >= 15 is 0 Å². The molecule has 6 nitrogen and oxygen atoms in total. The lowest BCUT2D eigenvalue weighted by Gasteiger charge is -2.22. The van der Waals surface area contributed by atoms with Crippen molar-refractivity contribution in [1.82, 2.24) is 10.3 Å². The molecule has 0 aliphatic rings. The molecule has 5 aromatic rings. The highest BCUT2D eigenvalue weighted by molar-refractivity contribution is 5.83.